The van der Waals surface area contributed by atoms with Crippen molar-refractivity contribution in [2.75, 3.05) is 19.0 Å². The molecule has 0 unspecified atom stereocenters. The van der Waals surface area contributed by atoms with Crippen LogP contribution in [0.5, 0.6) is 5.75 Å². The van der Waals surface area contributed by atoms with E-state index in [1.807, 2.05) is 6.92 Å². The molecule has 0 spiro atoms. The molecule has 84 valence electrons. The maximum absolute atomic E-state index is 5.34. The monoisotopic (exact) mass is 209 g/mol. The molecule has 0 aromatic carbocycles. The van der Waals surface area contributed by atoms with Crippen molar-refractivity contribution >= 4 is 5.82 Å². The zero-order chi connectivity index (χ0) is 11.3. The van der Waals surface area contributed by atoms with Crippen molar-refractivity contribution in [2.24, 2.45) is 5.92 Å². The summed E-state index contributed by atoms with van der Waals surface area (Å²) >= 11 is 0. The van der Waals surface area contributed by atoms with Crippen molar-refractivity contribution in [3.8, 4) is 5.75 Å². The van der Waals surface area contributed by atoms with E-state index in [-0.39, 0.29) is 0 Å². The fraction of sp³-hybridized carbons (Fsp3) is 0.636. The van der Waals surface area contributed by atoms with Crippen molar-refractivity contribution in [2.45, 2.75) is 27.2 Å². The van der Waals surface area contributed by atoms with E-state index in [2.05, 4.69) is 29.1 Å². The van der Waals surface area contributed by atoms with E-state index in [9.17, 15) is 0 Å². The third-order valence-electron chi connectivity index (χ3n) is 2.03. The molecule has 0 radical (unpaired) electrons. The number of aromatic nitrogens is 2. The highest BCUT2D eigenvalue weighted by Gasteiger charge is 2.12. The summed E-state index contributed by atoms with van der Waals surface area (Å²) < 4.78 is 5.34. The Morgan fingerprint density at radius 1 is 1.40 bits per heavy atom. The lowest BCUT2D eigenvalue weighted by molar-refractivity contribution is 0.403. The summed E-state index contributed by atoms with van der Waals surface area (Å²) in [4.78, 5) is 8.42. The molecule has 1 heterocycles. The Kier molecular flexibility index (Phi) is 4.34. The van der Waals surface area contributed by atoms with Gasteiger partial charge in [-0.05, 0) is 19.3 Å². The molecule has 1 aromatic heterocycles. The predicted molar refractivity (Wildman–Crippen MR) is 61.3 cm³/mol. The lowest BCUT2D eigenvalue weighted by Crippen LogP contribution is -2.07. The van der Waals surface area contributed by atoms with Gasteiger partial charge in [0.1, 0.15) is 6.33 Å². The fourth-order valence-electron chi connectivity index (χ4n) is 1.45. The normalized spacial score (nSPS) is 10.5. The van der Waals surface area contributed by atoms with Gasteiger partial charge < -0.3 is 10.1 Å². The van der Waals surface area contributed by atoms with Crippen molar-refractivity contribution in [1.29, 1.82) is 0 Å². The fourth-order valence-corrected chi connectivity index (χ4v) is 1.45. The number of nitrogens with zero attached hydrogens (tertiary/aromatic N) is 2. The first-order chi connectivity index (χ1) is 7.19. The lowest BCUT2D eigenvalue weighted by Gasteiger charge is -2.13. The number of nitrogens with one attached hydrogen (secondary N) is 1. The van der Waals surface area contributed by atoms with Crippen LogP contribution in [0.3, 0.4) is 0 Å². The highest BCUT2D eigenvalue weighted by molar-refractivity contribution is 5.52. The number of methoxy groups -OCH3 is 1. The number of ether oxygens (including phenoxy) is 1. The standard InChI is InChI=1S/C11H19N3O/c1-5-12-11-10(15-4)9(6-8(2)3)13-7-14-11/h7-8H,5-6H2,1-4H3,(H,12,13,14). The van der Waals surface area contributed by atoms with E-state index >= 15 is 0 Å². The zero-order valence-electron chi connectivity index (χ0n) is 9.87. The molecular weight excluding hydrogens is 190 g/mol. The summed E-state index contributed by atoms with van der Waals surface area (Å²) in [6.45, 7) is 7.18. The summed E-state index contributed by atoms with van der Waals surface area (Å²) in [6.07, 6.45) is 2.49. The topological polar surface area (TPSA) is 47.0 Å². The Labute approximate surface area is 91.1 Å². The summed E-state index contributed by atoms with van der Waals surface area (Å²) in [5, 5.41) is 3.16. The molecule has 0 bridgehead atoms. The van der Waals surface area contributed by atoms with Crippen LogP contribution in [-0.2, 0) is 6.42 Å². The van der Waals surface area contributed by atoms with Gasteiger partial charge in [-0.15, -0.1) is 0 Å². The van der Waals surface area contributed by atoms with Crippen LogP contribution in [0, 0.1) is 5.92 Å². The van der Waals surface area contributed by atoms with Gasteiger partial charge in [-0.2, -0.15) is 0 Å². The van der Waals surface area contributed by atoms with Crippen LogP contribution in [0.15, 0.2) is 6.33 Å². The van der Waals surface area contributed by atoms with Crippen LogP contribution in [0.2, 0.25) is 0 Å². The number of rotatable bonds is 5. The highest BCUT2D eigenvalue weighted by atomic mass is 16.5. The molecule has 0 atom stereocenters. The van der Waals surface area contributed by atoms with Gasteiger partial charge in [-0.1, -0.05) is 13.8 Å². The Balaban J connectivity index is 2.98. The maximum Gasteiger partial charge on any atom is 0.182 e. The largest absolute Gasteiger partial charge is 0.491 e. The summed E-state index contributed by atoms with van der Waals surface area (Å²) in [5.74, 6) is 2.11. The van der Waals surface area contributed by atoms with E-state index in [1.165, 1.54) is 0 Å². The summed E-state index contributed by atoms with van der Waals surface area (Å²) in [7, 11) is 1.66. The molecule has 0 aliphatic carbocycles. The third-order valence-corrected chi connectivity index (χ3v) is 2.03. The quantitative estimate of drug-likeness (QED) is 0.807. The molecule has 4 nitrogen and oxygen atoms in total. The number of hydrogen-bond acceptors (Lipinski definition) is 4. The molecular formula is C11H19N3O. The van der Waals surface area contributed by atoms with Crippen molar-refractivity contribution in [1.82, 2.24) is 9.97 Å². The van der Waals surface area contributed by atoms with Crippen LogP contribution < -0.4 is 10.1 Å². The van der Waals surface area contributed by atoms with Crippen LogP contribution in [0.1, 0.15) is 26.5 Å². The Morgan fingerprint density at radius 2 is 2.13 bits per heavy atom. The number of hydrogen-bond donors (Lipinski definition) is 1. The molecule has 0 aliphatic rings. The minimum Gasteiger partial charge on any atom is -0.491 e. The van der Waals surface area contributed by atoms with E-state index in [0.29, 0.717) is 5.92 Å². The first-order valence-corrected chi connectivity index (χ1v) is 5.30. The maximum atomic E-state index is 5.34. The van der Waals surface area contributed by atoms with Gasteiger partial charge in [0.15, 0.2) is 11.6 Å². The average Bonchev–Trinajstić information content (AvgIpc) is 2.18. The SMILES string of the molecule is CCNc1ncnc(CC(C)C)c1OC. The van der Waals surface area contributed by atoms with Gasteiger partial charge in [0, 0.05) is 6.54 Å². The van der Waals surface area contributed by atoms with Gasteiger partial charge >= 0.3 is 0 Å². The second-order valence-corrected chi connectivity index (χ2v) is 3.83. The Morgan fingerprint density at radius 3 is 2.67 bits per heavy atom. The third kappa shape index (κ3) is 3.08. The minimum absolute atomic E-state index is 0.559. The summed E-state index contributed by atoms with van der Waals surface area (Å²) in [6, 6.07) is 0. The molecule has 1 aromatic rings. The van der Waals surface area contributed by atoms with Gasteiger partial charge in [0.05, 0.1) is 12.8 Å². The van der Waals surface area contributed by atoms with Crippen LogP contribution in [0.25, 0.3) is 0 Å². The van der Waals surface area contributed by atoms with Crippen molar-refractivity contribution in [3.05, 3.63) is 12.0 Å². The highest BCUT2D eigenvalue weighted by Crippen LogP contribution is 2.26. The van der Waals surface area contributed by atoms with Crippen LogP contribution in [0.4, 0.5) is 5.82 Å². The van der Waals surface area contributed by atoms with Crippen molar-refractivity contribution in [3.63, 3.8) is 0 Å². The molecule has 1 rings (SSSR count). The second kappa shape index (κ2) is 5.53. The minimum atomic E-state index is 0.559. The molecule has 1 N–H and O–H groups in total. The first-order valence-electron chi connectivity index (χ1n) is 5.30. The molecule has 0 aliphatic heterocycles. The van der Waals surface area contributed by atoms with Gasteiger partial charge in [-0.25, -0.2) is 9.97 Å². The molecule has 4 heteroatoms. The van der Waals surface area contributed by atoms with E-state index in [1.54, 1.807) is 13.4 Å². The van der Waals surface area contributed by atoms with Gasteiger partial charge in [0.2, 0.25) is 0 Å². The molecule has 0 amide bonds. The zero-order valence-corrected chi connectivity index (χ0v) is 9.87. The Bertz CT molecular complexity index is 313. The molecule has 0 fully saturated rings. The predicted octanol–water partition coefficient (Wildman–Crippen LogP) is 2.12. The van der Waals surface area contributed by atoms with Crippen LogP contribution >= 0.6 is 0 Å². The van der Waals surface area contributed by atoms with E-state index in [4.69, 9.17) is 4.74 Å². The van der Waals surface area contributed by atoms with Crippen molar-refractivity contribution < 1.29 is 4.74 Å². The Hall–Kier alpha value is -1.32. The molecule has 0 saturated carbocycles. The van der Waals surface area contributed by atoms with Crippen LogP contribution in [-0.4, -0.2) is 23.6 Å². The lowest BCUT2D eigenvalue weighted by atomic mass is 10.1. The summed E-state index contributed by atoms with van der Waals surface area (Å²) in [5.41, 5.74) is 0.971. The first kappa shape index (κ1) is 11.8. The second-order valence-electron chi connectivity index (χ2n) is 3.83. The van der Waals surface area contributed by atoms with E-state index in [0.717, 1.165) is 30.2 Å². The van der Waals surface area contributed by atoms with Gasteiger partial charge in [0.25, 0.3) is 0 Å². The van der Waals surface area contributed by atoms with E-state index < -0.39 is 0 Å². The smallest absolute Gasteiger partial charge is 0.182 e. The average molecular weight is 209 g/mol. The van der Waals surface area contributed by atoms with Gasteiger partial charge in [-0.3, -0.25) is 0 Å². The molecule has 15 heavy (non-hydrogen) atoms. The molecule has 0 saturated heterocycles. The number of anilines is 1.